The van der Waals surface area contributed by atoms with Gasteiger partial charge in [-0.25, -0.2) is 24.3 Å². The molecule has 0 saturated carbocycles. The van der Waals surface area contributed by atoms with Crippen molar-refractivity contribution in [1.29, 1.82) is 0 Å². The fourth-order valence-electron chi connectivity index (χ4n) is 4.80. The lowest BCUT2D eigenvalue weighted by atomic mass is 10.1. The number of hydrogen-bond acceptors (Lipinski definition) is 8. The zero-order chi connectivity index (χ0) is 26.2. The van der Waals surface area contributed by atoms with Gasteiger partial charge in [-0.2, -0.15) is 5.10 Å². The van der Waals surface area contributed by atoms with Crippen LogP contribution in [0.15, 0.2) is 67.4 Å². The summed E-state index contributed by atoms with van der Waals surface area (Å²) < 4.78 is 7.78. The SMILES string of the molecule is Cc1cc(Nc2ncnc3ccc(N4CCN(C(=O)O)CC4C)cc23)ccc1Oc1ccn2ncnc2c1. The second kappa shape index (κ2) is 9.51. The summed E-state index contributed by atoms with van der Waals surface area (Å²) in [5, 5.41) is 17.8. The molecule has 1 saturated heterocycles. The quantitative estimate of drug-likeness (QED) is 0.346. The summed E-state index contributed by atoms with van der Waals surface area (Å²) in [6.45, 7) is 5.58. The number of anilines is 3. The number of carbonyl (C=O) groups is 1. The first-order chi connectivity index (χ1) is 18.4. The molecule has 0 spiro atoms. The number of nitrogens with zero attached hydrogens (tertiary/aromatic N) is 7. The average molecular weight is 511 g/mol. The zero-order valence-corrected chi connectivity index (χ0v) is 20.9. The Balaban J connectivity index is 1.23. The molecular weight excluding hydrogens is 484 g/mol. The molecule has 3 aromatic heterocycles. The van der Waals surface area contributed by atoms with Gasteiger partial charge in [-0.3, -0.25) is 0 Å². The van der Waals surface area contributed by atoms with Gasteiger partial charge in [0.1, 0.15) is 30.0 Å². The van der Waals surface area contributed by atoms with Crippen LogP contribution in [0.5, 0.6) is 11.5 Å². The zero-order valence-electron chi connectivity index (χ0n) is 20.9. The number of benzene rings is 2. The van der Waals surface area contributed by atoms with Gasteiger partial charge in [0.15, 0.2) is 5.65 Å². The second-order valence-electron chi connectivity index (χ2n) is 9.33. The minimum atomic E-state index is -0.877. The van der Waals surface area contributed by atoms with Gasteiger partial charge in [0.25, 0.3) is 0 Å². The predicted molar refractivity (Wildman–Crippen MR) is 143 cm³/mol. The number of ether oxygens (including phenoxy) is 1. The third-order valence-electron chi connectivity index (χ3n) is 6.77. The standard InChI is InChI=1S/C27H26N8O3/c1-17-11-19(3-6-24(17)38-21-7-8-35-25(13-21)29-16-31-35)32-26-22-12-20(4-5-23(22)28-15-30-26)34-10-9-33(27(36)37)14-18(34)2/h3-8,11-13,15-16,18H,9-10,14H2,1-2H3,(H,36,37)(H,28,30,32). The van der Waals surface area contributed by atoms with Crippen molar-refractivity contribution in [1.82, 2.24) is 29.5 Å². The Labute approximate surface area is 218 Å². The molecule has 4 heterocycles. The summed E-state index contributed by atoms with van der Waals surface area (Å²) in [4.78, 5) is 28.2. The lowest BCUT2D eigenvalue weighted by molar-refractivity contribution is 0.136. The van der Waals surface area contributed by atoms with E-state index in [0.29, 0.717) is 36.8 Å². The molecule has 6 rings (SSSR count). The molecule has 2 N–H and O–H groups in total. The maximum Gasteiger partial charge on any atom is 0.407 e. The molecule has 1 aliphatic heterocycles. The normalized spacial score (nSPS) is 15.7. The third kappa shape index (κ3) is 4.49. The first kappa shape index (κ1) is 23.5. The van der Waals surface area contributed by atoms with Gasteiger partial charge in [-0.1, -0.05) is 0 Å². The highest BCUT2D eigenvalue weighted by Crippen LogP contribution is 2.32. The van der Waals surface area contributed by atoms with E-state index < -0.39 is 6.09 Å². The summed E-state index contributed by atoms with van der Waals surface area (Å²) >= 11 is 0. The molecule has 1 unspecified atom stereocenters. The van der Waals surface area contributed by atoms with Crippen molar-refractivity contribution in [3.8, 4) is 11.5 Å². The van der Waals surface area contributed by atoms with Crippen LogP contribution in [0.3, 0.4) is 0 Å². The van der Waals surface area contributed by atoms with Gasteiger partial charge < -0.3 is 25.0 Å². The Bertz CT molecular complexity index is 1650. The Morgan fingerprint density at radius 3 is 2.76 bits per heavy atom. The number of piperazine rings is 1. The van der Waals surface area contributed by atoms with E-state index in [1.54, 1.807) is 10.8 Å². The summed E-state index contributed by atoms with van der Waals surface area (Å²) in [5.74, 6) is 2.12. The minimum Gasteiger partial charge on any atom is -0.465 e. The Morgan fingerprint density at radius 2 is 1.95 bits per heavy atom. The van der Waals surface area contributed by atoms with Crippen LogP contribution in [0.4, 0.5) is 22.0 Å². The molecule has 1 fully saturated rings. The number of hydrogen-bond donors (Lipinski definition) is 2. The number of aryl methyl sites for hydroxylation is 1. The van der Waals surface area contributed by atoms with E-state index in [9.17, 15) is 9.90 Å². The third-order valence-corrected chi connectivity index (χ3v) is 6.77. The number of aromatic nitrogens is 5. The molecular formula is C27H26N8O3. The van der Waals surface area contributed by atoms with E-state index in [0.717, 1.165) is 33.6 Å². The van der Waals surface area contributed by atoms with Gasteiger partial charge in [-0.05, 0) is 61.9 Å². The fraction of sp³-hybridized carbons (Fsp3) is 0.222. The van der Waals surface area contributed by atoms with Crippen LogP contribution >= 0.6 is 0 Å². The number of rotatable bonds is 5. The van der Waals surface area contributed by atoms with Gasteiger partial charge in [0, 0.05) is 54.7 Å². The molecule has 0 bridgehead atoms. The maximum atomic E-state index is 11.4. The summed E-state index contributed by atoms with van der Waals surface area (Å²) in [6.07, 6.45) is 3.98. The Kier molecular flexibility index (Phi) is 5.87. The van der Waals surface area contributed by atoms with Gasteiger partial charge in [0.05, 0.1) is 5.52 Å². The highest BCUT2D eigenvalue weighted by atomic mass is 16.5. The van der Waals surface area contributed by atoms with Crippen LogP contribution in [0.2, 0.25) is 0 Å². The predicted octanol–water partition coefficient (Wildman–Crippen LogP) is 4.71. The highest BCUT2D eigenvalue weighted by molar-refractivity contribution is 5.93. The minimum absolute atomic E-state index is 0.0546. The highest BCUT2D eigenvalue weighted by Gasteiger charge is 2.27. The van der Waals surface area contributed by atoms with Crippen molar-refractivity contribution < 1.29 is 14.6 Å². The molecule has 192 valence electrons. The van der Waals surface area contributed by atoms with E-state index in [2.05, 4.69) is 36.3 Å². The van der Waals surface area contributed by atoms with Crippen LogP contribution < -0.4 is 15.0 Å². The Morgan fingerprint density at radius 1 is 1.05 bits per heavy atom. The van der Waals surface area contributed by atoms with E-state index >= 15 is 0 Å². The molecule has 1 atom stereocenters. The van der Waals surface area contributed by atoms with Crippen molar-refractivity contribution in [2.45, 2.75) is 19.9 Å². The van der Waals surface area contributed by atoms with Crippen molar-refractivity contribution >= 4 is 39.8 Å². The molecule has 5 aromatic rings. The lowest BCUT2D eigenvalue weighted by Gasteiger charge is -2.40. The molecule has 2 aromatic carbocycles. The number of pyridine rings is 1. The van der Waals surface area contributed by atoms with E-state index in [1.165, 1.54) is 11.2 Å². The fourth-order valence-corrected chi connectivity index (χ4v) is 4.80. The van der Waals surface area contributed by atoms with E-state index in [4.69, 9.17) is 4.74 Å². The summed E-state index contributed by atoms with van der Waals surface area (Å²) in [5.41, 5.74) is 4.38. The first-order valence-corrected chi connectivity index (χ1v) is 12.3. The molecule has 0 radical (unpaired) electrons. The first-order valence-electron chi connectivity index (χ1n) is 12.3. The maximum absolute atomic E-state index is 11.4. The number of amides is 1. The van der Waals surface area contributed by atoms with Crippen LogP contribution in [0.1, 0.15) is 12.5 Å². The van der Waals surface area contributed by atoms with Crippen molar-refractivity contribution in [2.24, 2.45) is 0 Å². The molecule has 1 aliphatic rings. The Hall–Kier alpha value is -4.93. The van der Waals surface area contributed by atoms with Crippen molar-refractivity contribution in [3.63, 3.8) is 0 Å². The van der Waals surface area contributed by atoms with Gasteiger partial charge in [-0.15, -0.1) is 0 Å². The van der Waals surface area contributed by atoms with Gasteiger partial charge in [0.2, 0.25) is 0 Å². The van der Waals surface area contributed by atoms with Crippen LogP contribution in [0.25, 0.3) is 16.6 Å². The number of fused-ring (bicyclic) bond motifs is 2. The molecule has 1 amide bonds. The van der Waals surface area contributed by atoms with Crippen LogP contribution in [0, 0.1) is 6.92 Å². The second-order valence-corrected chi connectivity index (χ2v) is 9.33. The number of carboxylic acid groups (broad SMARTS) is 1. The summed E-state index contributed by atoms with van der Waals surface area (Å²) in [7, 11) is 0. The summed E-state index contributed by atoms with van der Waals surface area (Å²) in [6, 6.07) is 15.7. The smallest absolute Gasteiger partial charge is 0.407 e. The topological polar surface area (TPSA) is 121 Å². The molecule has 38 heavy (non-hydrogen) atoms. The molecule has 11 heteroatoms. The van der Waals surface area contributed by atoms with E-state index in [1.807, 2.05) is 62.5 Å². The molecule has 0 aliphatic carbocycles. The monoisotopic (exact) mass is 510 g/mol. The average Bonchev–Trinajstić information content (AvgIpc) is 3.38. The number of nitrogens with one attached hydrogen (secondary N) is 1. The van der Waals surface area contributed by atoms with Crippen LogP contribution in [-0.2, 0) is 0 Å². The largest absolute Gasteiger partial charge is 0.465 e. The van der Waals surface area contributed by atoms with Gasteiger partial charge >= 0.3 is 6.09 Å². The van der Waals surface area contributed by atoms with Crippen molar-refractivity contribution in [2.75, 3.05) is 29.9 Å². The van der Waals surface area contributed by atoms with Crippen molar-refractivity contribution in [3.05, 3.63) is 72.9 Å². The molecule has 11 nitrogen and oxygen atoms in total. The van der Waals surface area contributed by atoms with E-state index in [-0.39, 0.29) is 6.04 Å². The lowest BCUT2D eigenvalue weighted by Crippen LogP contribution is -2.53. The van der Waals surface area contributed by atoms with Crippen LogP contribution in [-0.4, -0.2) is 66.3 Å².